The van der Waals surface area contributed by atoms with E-state index in [4.69, 9.17) is 9.97 Å². The Morgan fingerprint density at radius 3 is 1.89 bits per heavy atom. The first-order valence-corrected chi connectivity index (χ1v) is 12.9. The van der Waals surface area contributed by atoms with Gasteiger partial charge in [-0.05, 0) is 24.3 Å². The summed E-state index contributed by atoms with van der Waals surface area (Å²) in [5.41, 5.74) is 11.2. The van der Waals surface area contributed by atoms with E-state index in [1.807, 2.05) is 12.1 Å². The van der Waals surface area contributed by atoms with Crippen LogP contribution in [0.4, 0.5) is 11.4 Å². The van der Waals surface area contributed by atoms with Crippen LogP contribution in [0.3, 0.4) is 0 Å². The van der Waals surface area contributed by atoms with E-state index in [1.54, 1.807) is 0 Å². The largest absolute Gasteiger partial charge is 0.279 e. The van der Waals surface area contributed by atoms with Crippen LogP contribution in [-0.4, -0.2) is 14.5 Å². The van der Waals surface area contributed by atoms with Gasteiger partial charge in [0.25, 0.3) is 0 Å². The van der Waals surface area contributed by atoms with Crippen molar-refractivity contribution in [2.24, 2.45) is 0 Å². The van der Waals surface area contributed by atoms with Crippen LogP contribution in [-0.2, 0) is 0 Å². The molecule has 7 aromatic rings. The number of quaternary nitrogens is 1. The number of rotatable bonds is 3. The second-order valence-corrected chi connectivity index (χ2v) is 9.68. The summed E-state index contributed by atoms with van der Waals surface area (Å²) < 4.78 is 2.25. The van der Waals surface area contributed by atoms with Crippen molar-refractivity contribution < 1.29 is 5.32 Å². The maximum absolute atomic E-state index is 5.18. The number of hydrogen-bond donors (Lipinski definition) is 1. The van der Waals surface area contributed by atoms with Crippen LogP contribution in [0.5, 0.6) is 0 Å². The predicted octanol–water partition coefficient (Wildman–Crippen LogP) is 7.41. The van der Waals surface area contributed by atoms with Gasteiger partial charge >= 0.3 is 0 Å². The lowest BCUT2D eigenvalue weighted by molar-refractivity contribution is -0.471. The molecule has 2 aromatic heterocycles. The van der Waals surface area contributed by atoms with Crippen LogP contribution in [0.1, 0.15) is 0 Å². The SMILES string of the molecule is c1ccc(-c2cc(-c3ccccc3)nc(-n3c4ccccc4c4ccc5c(c43)[NH2+]c3ccccc3-5)n2)cc1. The summed E-state index contributed by atoms with van der Waals surface area (Å²) in [6.45, 7) is 0. The Hall–Kier alpha value is -5.06. The molecule has 0 fully saturated rings. The minimum Gasteiger partial charge on any atom is -0.279 e. The van der Waals surface area contributed by atoms with Crippen LogP contribution in [0.15, 0.2) is 127 Å². The first kappa shape index (κ1) is 21.1. The monoisotopic (exact) mass is 487 g/mol. The lowest BCUT2D eigenvalue weighted by atomic mass is 10.0. The minimum atomic E-state index is 0.675. The normalized spacial score (nSPS) is 12.1. The quantitative estimate of drug-likeness (QED) is 0.264. The smallest absolute Gasteiger partial charge is 0.235 e. The zero-order chi connectivity index (χ0) is 25.1. The molecular weight excluding hydrogens is 464 g/mol. The second-order valence-electron chi connectivity index (χ2n) is 9.68. The second kappa shape index (κ2) is 8.23. The van der Waals surface area contributed by atoms with E-state index in [9.17, 15) is 0 Å². The van der Waals surface area contributed by atoms with Gasteiger partial charge in [-0.15, -0.1) is 0 Å². The number of nitrogens with two attached hydrogens (primary N) is 1. The summed E-state index contributed by atoms with van der Waals surface area (Å²) >= 11 is 0. The van der Waals surface area contributed by atoms with Gasteiger partial charge in [-0.2, -0.15) is 0 Å². The van der Waals surface area contributed by atoms with Gasteiger partial charge in [0, 0.05) is 33.5 Å². The maximum Gasteiger partial charge on any atom is 0.235 e. The highest BCUT2D eigenvalue weighted by molar-refractivity contribution is 6.15. The van der Waals surface area contributed by atoms with Crippen molar-refractivity contribution in [2.45, 2.75) is 0 Å². The van der Waals surface area contributed by atoms with Crippen molar-refractivity contribution in [1.82, 2.24) is 14.5 Å². The van der Waals surface area contributed by atoms with E-state index in [-0.39, 0.29) is 0 Å². The molecule has 0 spiro atoms. The number of hydrogen-bond acceptors (Lipinski definition) is 2. The van der Waals surface area contributed by atoms with Crippen molar-refractivity contribution in [3.63, 3.8) is 0 Å². The molecule has 0 atom stereocenters. The van der Waals surface area contributed by atoms with Gasteiger partial charge in [0.15, 0.2) is 5.69 Å². The number of fused-ring (bicyclic) bond motifs is 7. The molecule has 0 bridgehead atoms. The van der Waals surface area contributed by atoms with Gasteiger partial charge in [-0.1, -0.05) is 97.1 Å². The Morgan fingerprint density at radius 1 is 0.526 bits per heavy atom. The Kier molecular flexibility index (Phi) is 4.56. The van der Waals surface area contributed by atoms with E-state index < -0.39 is 0 Å². The molecule has 178 valence electrons. The summed E-state index contributed by atoms with van der Waals surface area (Å²) in [5.74, 6) is 0.675. The highest BCUT2D eigenvalue weighted by Gasteiger charge is 2.29. The van der Waals surface area contributed by atoms with E-state index >= 15 is 0 Å². The molecule has 2 N–H and O–H groups in total. The van der Waals surface area contributed by atoms with Gasteiger partial charge < -0.3 is 0 Å². The molecular formula is C34H23N4+. The van der Waals surface area contributed by atoms with Gasteiger partial charge in [0.05, 0.1) is 22.5 Å². The van der Waals surface area contributed by atoms with Crippen LogP contribution in [0, 0.1) is 0 Å². The molecule has 4 heteroatoms. The first-order valence-electron chi connectivity index (χ1n) is 12.9. The number of nitrogens with zero attached hydrogens (tertiary/aromatic N) is 3. The third-order valence-electron chi connectivity index (χ3n) is 7.48. The minimum absolute atomic E-state index is 0.675. The van der Waals surface area contributed by atoms with E-state index in [0.29, 0.717) is 5.95 Å². The van der Waals surface area contributed by atoms with Gasteiger partial charge in [0.1, 0.15) is 11.2 Å². The van der Waals surface area contributed by atoms with Gasteiger partial charge in [0.2, 0.25) is 5.95 Å². The summed E-state index contributed by atoms with van der Waals surface area (Å²) in [6.07, 6.45) is 0. The van der Waals surface area contributed by atoms with Crippen molar-refractivity contribution in [1.29, 1.82) is 0 Å². The van der Waals surface area contributed by atoms with Gasteiger partial charge in [-0.25, -0.2) is 9.97 Å². The molecule has 0 unspecified atom stereocenters. The Bertz CT molecular complexity index is 1930. The molecule has 0 amide bonds. The molecule has 5 aromatic carbocycles. The highest BCUT2D eigenvalue weighted by atomic mass is 15.2. The molecule has 0 saturated carbocycles. The molecule has 0 saturated heterocycles. The van der Waals surface area contributed by atoms with E-state index in [2.05, 4.69) is 125 Å². The van der Waals surface area contributed by atoms with Crippen LogP contribution in [0.2, 0.25) is 0 Å². The predicted molar refractivity (Wildman–Crippen MR) is 154 cm³/mol. The molecule has 1 aliphatic heterocycles. The first-order chi connectivity index (χ1) is 18.8. The molecule has 38 heavy (non-hydrogen) atoms. The van der Waals surface area contributed by atoms with Crippen molar-refractivity contribution in [2.75, 3.05) is 0 Å². The molecule has 0 radical (unpaired) electrons. The summed E-state index contributed by atoms with van der Waals surface area (Å²) in [4.78, 5) is 10.4. The highest BCUT2D eigenvalue weighted by Crippen LogP contribution is 2.43. The topological polar surface area (TPSA) is 47.3 Å². The van der Waals surface area contributed by atoms with Crippen LogP contribution >= 0.6 is 0 Å². The number of aromatic nitrogens is 3. The Balaban J connectivity index is 1.48. The van der Waals surface area contributed by atoms with Crippen molar-refractivity contribution in [3.8, 4) is 39.6 Å². The fourth-order valence-corrected chi connectivity index (χ4v) is 5.74. The number of benzene rings is 5. The average molecular weight is 488 g/mol. The lowest BCUT2D eigenvalue weighted by Gasteiger charge is -2.12. The zero-order valence-electron chi connectivity index (χ0n) is 20.5. The Morgan fingerprint density at radius 2 is 1.16 bits per heavy atom. The summed E-state index contributed by atoms with van der Waals surface area (Å²) in [6, 6.07) is 44.5. The third kappa shape index (κ3) is 3.14. The molecule has 8 rings (SSSR count). The Labute approximate surface area is 219 Å². The maximum atomic E-state index is 5.18. The number of para-hydroxylation sites is 2. The molecule has 0 aliphatic carbocycles. The van der Waals surface area contributed by atoms with E-state index in [0.717, 1.165) is 33.5 Å². The fourth-order valence-electron chi connectivity index (χ4n) is 5.74. The van der Waals surface area contributed by atoms with Crippen LogP contribution in [0.25, 0.3) is 61.4 Å². The van der Waals surface area contributed by atoms with Crippen LogP contribution < -0.4 is 5.32 Å². The fraction of sp³-hybridized carbons (Fsp3) is 0. The van der Waals surface area contributed by atoms with Crippen molar-refractivity contribution >= 4 is 33.2 Å². The zero-order valence-corrected chi connectivity index (χ0v) is 20.5. The van der Waals surface area contributed by atoms with Gasteiger partial charge in [-0.3, -0.25) is 9.88 Å². The molecule has 4 nitrogen and oxygen atoms in total. The third-order valence-corrected chi connectivity index (χ3v) is 7.48. The molecule has 1 aliphatic rings. The van der Waals surface area contributed by atoms with E-state index in [1.165, 1.54) is 33.3 Å². The summed E-state index contributed by atoms with van der Waals surface area (Å²) in [5, 5.41) is 4.71. The standard InChI is InChI=1S/C34H22N4/c1-3-11-22(12-4-1)29-21-30(23-13-5-2-6-14-23)37-34(36-29)38-31-18-10-8-16-25(31)27-20-19-26-24-15-7-9-17-28(24)35-32(26)33(27)38/h1-21,35H/p+1. The molecule has 3 heterocycles. The summed E-state index contributed by atoms with van der Waals surface area (Å²) in [7, 11) is 0. The average Bonchev–Trinajstić information content (AvgIpc) is 3.54. The van der Waals surface area contributed by atoms with Crippen molar-refractivity contribution in [3.05, 3.63) is 127 Å². The lowest BCUT2D eigenvalue weighted by Crippen LogP contribution is -2.69.